The Morgan fingerprint density at radius 2 is 1.39 bits per heavy atom. The lowest BCUT2D eigenvalue weighted by Crippen LogP contribution is -1.96. The van der Waals surface area contributed by atoms with Crippen LogP contribution < -0.4 is 18.9 Å². The Morgan fingerprint density at radius 1 is 0.636 bits per heavy atom. The van der Waals surface area contributed by atoms with E-state index in [-0.39, 0.29) is 0 Å². The van der Waals surface area contributed by atoms with Crippen molar-refractivity contribution in [3.05, 3.63) is 66.7 Å². The molecular weight excluding hydrogens is 418 g/mol. The van der Waals surface area contributed by atoms with Gasteiger partial charge in [-0.15, -0.1) is 0 Å². The van der Waals surface area contributed by atoms with E-state index >= 15 is 0 Å². The van der Waals surface area contributed by atoms with Gasteiger partial charge in [0, 0.05) is 11.1 Å². The molecule has 166 valence electrons. The third kappa shape index (κ3) is 3.59. The summed E-state index contributed by atoms with van der Waals surface area (Å²) in [7, 11) is 6.47. The van der Waals surface area contributed by atoms with E-state index in [2.05, 4.69) is 6.07 Å². The molecule has 0 atom stereocenters. The molecule has 0 aliphatic carbocycles. The van der Waals surface area contributed by atoms with E-state index in [0.717, 1.165) is 38.7 Å². The summed E-state index contributed by atoms with van der Waals surface area (Å²) in [5.74, 6) is 3.15. The topological polar surface area (TPSA) is 63.0 Å². The number of benzene rings is 4. The van der Waals surface area contributed by atoms with Crippen LogP contribution >= 0.6 is 0 Å². The van der Waals surface area contributed by atoms with Gasteiger partial charge in [0.2, 0.25) is 11.6 Å². The van der Waals surface area contributed by atoms with Gasteiger partial charge in [0.05, 0.1) is 28.4 Å². The van der Waals surface area contributed by atoms with Crippen LogP contribution in [0.15, 0.2) is 71.1 Å². The van der Waals surface area contributed by atoms with Crippen molar-refractivity contribution in [2.24, 2.45) is 0 Å². The summed E-state index contributed by atoms with van der Waals surface area (Å²) in [6.07, 6.45) is 0. The summed E-state index contributed by atoms with van der Waals surface area (Å²) in [6.45, 7) is 0. The van der Waals surface area contributed by atoms with Gasteiger partial charge >= 0.3 is 0 Å². The maximum Gasteiger partial charge on any atom is 0.227 e. The molecular formula is C27H23NO5. The summed E-state index contributed by atoms with van der Waals surface area (Å²) >= 11 is 0. The van der Waals surface area contributed by atoms with Crippen LogP contribution in [0.25, 0.3) is 44.5 Å². The molecule has 0 saturated carbocycles. The Morgan fingerprint density at radius 3 is 2.15 bits per heavy atom. The molecule has 0 aliphatic rings. The van der Waals surface area contributed by atoms with Crippen LogP contribution in [-0.2, 0) is 0 Å². The fourth-order valence-electron chi connectivity index (χ4n) is 4.03. The molecule has 1 aromatic heterocycles. The zero-order chi connectivity index (χ0) is 22.9. The van der Waals surface area contributed by atoms with Crippen LogP contribution in [-0.4, -0.2) is 33.4 Å². The van der Waals surface area contributed by atoms with Crippen molar-refractivity contribution in [3.63, 3.8) is 0 Å². The first-order chi connectivity index (χ1) is 16.1. The Kier molecular flexibility index (Phi) is 5.26. The van der Waals surface area contributed by atoms with Crippen LogP contribution in [0.1, 0.15) is 0 Å². The van der Waals surface area contributed by atoms with E-state index in [1.54, 1.807) is 28.4 Å². The highest BCUT2D eigenvalue weighted by Crippen LogP contribution is 2.44. The van der Waals surface area contributed by atoms with Gasteiger partial charge in [-0.1, -0.05) is 18.2 Å². The highest BCUT2D eigenvalue weighted by molar-refractivity contribution is 5.89. The number of methoxy groups -OCH3 is 4. The minimum Gasteiger partial charge on any atom is -0.497 e. The van der Waals surface area contributed by atoms with E-state index in [0.29, 0.717) is 28.7 Å². The van der Waals surface area contributed by atoms with Crippen molar-refractivity contribution in [2.75, 3.05) is 28.4 Å². The average molecular weight is 441 g/mol. The first kappa shape index (κ1) is 20.7. The zero-order valence-electron chi connectivity index (χ0n) is 18.8. The van der Waals surface area contributed by atoms with Crippen molar-refractivity contribution in [3.8, 4) is 45.6 Å². The molecule has 6 nitrogen and oxygen atoms in total. The first-order valence-electron chi connectivity index (χ1n) is 10.4. The number of hydrogen-bond donors (Lipinski definition) is 0. The van der Waals surface area contributed by atoms with Gasteiger partial charge in [0.25, 0.3) is 0 Å². The SMILES string of the molecule is COc1ccc2cc(-c3nc4ccc(-c5ccc(OC)c(OC)c5OC)cc4o3)ccc2c1. The largest absolute Gasteiger partial charge is 0.497 e. The second kappa shape index (κ2) is 8.39. The average Bonchev–Trinajstić information content (AvgIpc) is 3.30. The summed E-state index contributed by atoms with van der Waals surface area (Å²) in [5, 5.41) is 2.18. The molecule has 0 fully saturated rings. The van der Waals surface area contributed by atoms with Gasteiger partial charge in [0.1, 0.15) is 11.3 Å². The van der Waals surface area contributed by atoms with E-state index in [1.165, 1.54) is 0 Å². The molecule has 0 amide bonds. The number of fused-ring (bicyclic) bond motifs is 2. The lowest BCUT2D eigenvalue weighted by atomic mass is 10.0. The van der Waals surface area contributed by atoms with Crippen molar-refractivity contribution in [2.45, 2.75) is 0 Å². The Labute approximate surface area is 191 Å². The minimum absolute atomic E-state index is 0.545. The molecule has 0 N–H and O–H groups in total. The quantitative estimate of drug-likeness (QED) is 0.306. The van der Waals surface area contributed by atoms with E-state index < -0.39 is 0 Å². The predicted molar refractivity (Wildman–Crippen MR) is 129 cm³/mol. The molecule has 33 heavy (non-hydrogen) atoms. The van der Waals surface area contributed by atoms with Crippen molar-refractivity contribution in [1.82, 2.24) is 4.98 Å². The summed E-state index contributed by atoms with van der Waals surface area (Å²) in [6, 6.07) is 21.8. The molecule has 0 saturated heterocycles. The third-order valence-electron chi connectivity index (χ3n) is 5.70. The van der Waals surface area contributed by atoms with E-state index in [9.17, 15) is 0 Å². The fraction of sp³-hybridized carbons (Fsp3) is 0.148. The molecule has 5 aromatic rings. The summed E-state index contributed by atoms with van der Waals surface area (Å²) < 4.78 is 28.0. The van der Waals surface area contributed by atoms with Gasteiger partial charge in [-0.05, 0) is 64.9 Å². The highest BCUT2D eigenvalue weighted by Gasteiger charge is 2.18. The second-order valence-corrected chi connectivity index (χ2v) is 7.51. The van der Waals surface area contributed by atoms with E-state index in [4.69, 9.17) is 28.3 Å². The molecule has 0 aliphatic heterocycles. The summed E-state index contributed by atoms with van der Waals surface area (Å²) in [4.78, 5) is 4.69. The third-order valence-corrected chi connectivity index (χ3v) is 5.70. The number of nitrogens with zero attached hydrogens (tertiary/aromatic N) is 1. The van der Waals surface area contributed by atoms with Gasteiger partial charge in [-0.3, -0.25) is 0 Å². The Balaban J connectivity index is 1.57. The van der Waals surface area contributed by atoms with Crippen LogP contribution in [0.5, 0.6) is 23.0 Å². The molecule has 5 rings (SSSR count). The fourth-order valence-corrected chi connectivity index (χ4v) is 4.03. The van der Waals surface area contributed by atoms with Gasteiger partial charge in [-0.25, -0.2) is 4.98 Å². The number of aromatic nitrogens is 1. The number of rotatable bonds is 6. The highest BCUT2D eigenvalue weighted by atomic mass is 16.5. The lowest BCUT2D eigenvalue weighted by molar-refractivity contribution is 0.325. The van der Waals surface area contributed by atoms with Crippen molar-refractivity contribution < 1.29 is 23.4 Å². The van der Waals surface area contributed by atoms with Crippen molar-refractivity contribution in [1.29, 1.82) is 0 Å². The van der Waals surface area contributed by atoms with Crippen LogP contribution in [0.4, 0.5) is 0 Å². The normalized spacial score (nSPS) is 11.0. The molecule has 1 heterocycles. The van der Waals surface area contributed by atoms with Crippen molar-refractivity contribution >= 4 is 21.9 Å². The summed E-state index contributed by atoms with van der Waals surface area (Å²) in [5.41, 5.74) is 4.18. The second-order valence-electron chi connectivity index (χ2n) is 7.51. The molecule has 4 aromatic carbocycles. The molecule has 0 bridgehead atoms. The van der Waals surface area contributed by atoms with Crippen LogP contribution in [0.2, 0.25) is 0 Å². The predicted octanol–water partition coefficient (Wildman–Crippen LogP) is 6.35. The minimum atomic E-state index is 0.545. The number of hydrogen-bond acceptors (Lipinski definition) is 6. The smallest absolute Gasteiger partial charge is 0.227 e. The van der Waals surface area contributed by atoms with Gasteiger partial charge < -0.3 is 23.4 Å². The zero-order valence-corrected chi connectivity index (χ0v) is 18.8. The number of oxazole rings is 1. The lowest BCUT2D eigenvalue weighted by Gasteiger charge is -2.15. The van der Waals surface area contributed by atoms with E-state index in [1.807, 2.05) is 60.7 Å². The van der Waals surface area contributed by atoms with Crippen LogP contribution in [0, 0.1) is 0 Å². The first-order valence-corrected chi connectivity index (χ1v) is 10.4. The monoisotopic (exact) mass is 441 g/mol. The van der Waals surface area contributed by atoms with Gasteiger partial charge in [0.15, 0.2) is 17.1 Å². The Bertz CT molecular complexity index is 1470. The number of ether oxygens (including phenoxy) is 4. The Hall–Kier alpha value is -4.19. The molecule has 0 spiro atoms. The maximum absolute atomic E-state index is 6.15. The molecule has 6 heteroatoms. The van der Waals surface area contributed by atoms with Gasteiger partial charge in [-0.2, -0.15) is 0 Å². The maximum atomic E-state index is 6.15. The molecule has 0 radical (unpaired) electrons. The van der Waals surface area contributed by atoms with Crippen LogP contribution in [0.3, 0.4) is 0 Å². The molecule has 0 unspecified atom stereocenters. The standard InChI is InChI=1S/C27H23NO5/c1-29-20-9-7-16-13-19(6-5-17(16)14-20)27-28-22-11-8-18(15-24(22)33-27)21-10-12-23(30-2)26(32-4)25(21)31-3/h5-15H,1-4H3.